The summed E-state index contributed by atoms with van der Waals surface area (Å²) in [6, 6.07) is 8.43. The van der Waals surface area contributed by atoms with Crippen LogP contribution in [0, 0.1) is 0 Å². The van der Waals surface area contributed by atoms with Crippen molar-refractivity contribution in [1.29, 1.82) is 0 Å². The molecule has 0 saturated carbocycles. The summed E-state index contributed by atoms with van der Waals surface area (Å²) in [6.45, 7) is 0.420. The van der Waals surface area contributed by atoms with Crippen LogP contribution in [-0.2, 0) is 9.84 Å². The van der Waals surface area contributed by atoms with Gasteiger partial charge in [-0.05, 0) is 24.1 Å². The van der Waals surface area contributed by atoms with Crippen molar-refractivity contribution in [2.24, 2.45) is 0 Å². The van der Waals surface area contributed by atoms with Crippen molar-refractivity contribution in [2.75, 3.05) is 18.8 Å². The summed E-state index contributed by atoms with van der Waals surface area (Å²) >= 11 is 19.2. The molecule has 1 amide bonds. The molecule has 2 heterocycles. The van der Waals surface area contributed by atoms with Crippen LogP contribution in [0.15, 0.2) is 30.3 Å². The average Bonchev–Trinajstić information content (AvgIpc) is 2.80. The number of amides is 1. The fraction of sp³-hybridized carbons (Fsp3) is 0.312. The molecule has 1 fully saturated rings. The third kappa shape index (κ3) is 3.98. The van der Waals surface area contributed by atoms with Gasteiger partial charge in [-0.3, -0.25) is 4.79 Å². The van der Waals surface area contributed by atoms with Gasteiger partial charge in [-0.1, -0.05) is 53.0 Å². The molecule has 1 saturated heterocycles. The number of thiophene rings is 1. The zero-order chi connectivity index (χ0) is 18.2. The van der Waals surface area contributed by atoms with Gasteiger partial charge >= 0.3 is 0 Å². The van der Waals surface area contributed by atoms with Crippen LogP contribution < -0.4 is 0 Å². The lowest BCUT2D eigenvalue weighted by atomic mass is 10.1. The van der Waals surface area contributed by atoms with Crippen molar-refractivity contribution < 1.29 is 13.2 Å². The van der Waals surface area contributed by atoms with Gasteiger partial charge in [-0.2, -0.15) is 0 Å². The van der Waals surface area contributed by atoms with E-state index >= 15 is 0 Å². The summed E-state index contributed by atoms with van der Waals surface area (Å²) in [4.78, 5) is 14.2. The number of carbonyl (C=O) groups excluding carboxylic acids is 1. The standard InChI is InChI=1S/C16H14Cl3NO3S2/c17-12-4-2-1-3-10(12)13-5-6-20(7-8-25(13,22)23)16(21)11-9-14(18)24-15(11)19/h1-4,9,13H,5-8H2. The second kappa shape index (κ2) is 7.45. The number of rotatable bonds is 2. The van der Waals surface area contributed by atoms with Crippen molar-refractivity contribution >= 4 is 61.9 Å². The Bertz CT molecular complexity index is 911. The number of hydrogen-bond donors (Lipinski definition) is 0. The minimum Gasteiger partial charge on any atom is -0.338 e. The van der Waals surface area contributed by atoms with E-state index in [0.29, 0.717) is 31.4 Å². The Balaban J connectivity index is 1.87. The molecule has 2 aromatic rings. The van der Waals surface area contributed by atoms with E-state index in [1.165, 1.54) is 11.0 Å². The quantitative estimate of drug-likeness (QED) is 0.682. The number of halogens is 3. The molecule has 0 radical (unpaired) electrons. The van der Waals surface area contributed by atoms with E-state index in [0.717, 1.165) is 11.3 Å². The van der Waals surface area contributed by atoms with Crippen LogP contribution in [0.25, 0.3) is 0 Å². The van der Waals surface area contributed by atoms with Crippen molar-refractivity contribution in [3.63, 3.8) is 0 Å². The minimum absolute atomic E-state index is 0.117. The second-order valence-electron chi connectivity index (χ2n) is 5.70. The van der Waals surface area contributed by atoms with Gasteiger partial charge in [0.15, 0.2) is 9.84 Å². The molecular weight excluding hydrogens is 425 g/mol. The van der Waals surface area contributed by atoms with Gasteiger partial charge in [0.1, 0.15) is 4.34 Å². The largest absolute Gasteiger partial charge is 0.338 e. The molecule has 1 atom stereocenters. The molecule has 1 aromatic carbocycles. The molecule has 9 heteroatoms. The van der Waals surface area contributed by atoms with Crippen molar-refractivity contribution in [1.82, 2.24) is 4.90 Å². The van der Waals surface area contributed by atoms with E-state index in [1.807, 2.05) is 0 Å². The lowest BCUT2D eigenvalue weighted by Crippen LogP contribution is -2.33. The second-order valence-corrected chi connectivity index (χ2v) is 10.7. The van der Waals surface area contributed by atoms with E-state index in [4.69, 9.17) is 34.8 Å². The highest BCUT2D eigenvalue weighted by Crippen LogP contribution is 2.35. The minimum atomic E-state index is -3.42. The molecule has 0 bridgehead atoms. The molecule has 1 aliphatic rings. The van der Waals surface area contributed by atoms with Gasteiger partial charge < -0.3 is 4.90 Å². The maximum atomic E-state index is 12.7. The normalized spacial score (nSPS) is 20.3. The van der Waals surface area contributed by atoms with E-state index in [9.17, 15) is 13.2 Å². The Morgan fingerprint density at radius 1 is 1.16 bits per heavy atom. The zero-order valence-electron chi connectivity index (χ0n) is 12.9. The van der Waals surface area contributed by atoms with Gasteiger partial charge in [0.2, 0.25) is 0 Å². The predicted molar refractivity (Wildman–Crippen MR) is 103 cm³/mol. The van der Waals surface area contributed by atoms with Gasteiger partial charge in [0.25, 0.3) is 5.91 Å². The van der Waals surface area contributed by atoms with Gasteiger partial charge in [0.05, 0.1) is 20.9 Å². The molecule has 1 aromatic heterocycles. The van der Waals surface area contributed by atoms with E-state index < -0.39 is 15.1 Å². The topological polar surface area (TPSA) is 54.5 Å². The Kier molecular flexibility index (Phi) is 5.66. The van der Waals surface area contributed by atoms with Crippen LogP contribution >= 0.6 is 46.1 Å². The van der Waals surface area contributed by atoms with Gasteiger partial charge in [0, 0.05) is 18.1 Å². The molecule has 134 valence electrons. The fourth-order valence-corrected chi connectivity index (χ4v) is 6.49. The predicted octanol–water partition coefficient (Wildman–Crippen LogP) is 4.71. The smallest absolute Gasteiger partial charge is 0.256 e. The van der Waals surface area contributed by atoms with Crippen LogP contribution in [0.3, 0.4) is 0 Å². The lowest BCUT2D eigenvalue weighted by Gasteiger charge is -2.19. The summed E-state index contributed by atoms with van der Waals surface area (Å²) in [6.07, 6.45) is 0.285. The number of carbonyl (C=O) groups is 1. The molecular formula is C16H14Cl3NO3S2. The number of sulfone groups is 1. The summed E-state index contributed by atoms with van der Waals surface area (Å²) in [5.41, 5.74) is 0.889. The van der Waals surface area contributed by atoms with E-state index in [2.05, 4.69) is 0 Å². The third-order valence-corrected chi connectivity index (χ3v) is 8.11. The summed E-state index contributed by atoms with van der Waals surface area (Å²) in [5.74, 6) is -0.424. The first-order chi connectivity index (χ1) is 11.8. The van der Waals surface area contributed by atoms with Crippen LogP contribution in [0.2, 0.25) is 13.7 Å². The summed E-state index contributed by atoms with van der Waals surface area (Å²) < 4.78 is 26.1. The lowest BCUT2D eigenvalue weighted by molar-refractivity contribution is 0.0767. The Morgan fingerprint density at radius 2 is 1.88 bits per heavy atom. The fourth-order valence-electron chi connectivity index (χ4n) is 2.89. The summed E-state index contributed by atoms with van der Waals surface area (Å²) in [5, 5.41) is -0.302. The van der Waals surface area contributed by atoms with Crippen LogP contribution in [0.4, 0.5) is 0 Å². The number of nitrogens with zero attached hydrogens (tertiary/aromatic N) is 1. The Labute approximate surface area is 165 Å². The first kappa shape index (κ1) is 19.0. The molecule has 0 spiro atoms. The van der Waals surface area contributed by atoms with Gasteiger partial charge in [-0.15, -0.1) is 11.3 Å². The highest BCUT2D eigenvalue weighted by Gasteiger charge is 2.34. The maximum Gasteiger partial charge on any atom is 0.256 e. The van der Waals surface area contributed by atoms with Crippen molar-refractivity contribution in [3.8, 4) is 0 Å². The SMILES string of the molecule is O=C(c1cc(Cl)sc1Cl)N1CCC(c2ccccc2Cl)S(=O)(=O)CC1. The molecule has 1 unspecified atom stereocenters. The zero-order valence-corrected chi connectivity index (χ0v) is 16.8. The molecule has 0 aliphatic carbocycles. The van der Waals surface area contributed by atoms with Crippen molar-refractivity contribution in [3.05, 3.63) is 55.2 Å². The van der Waals surface area contributed by atoms with Crippen LogP contribution in [0.5, 0.6) is 0 Å². The highest BCUT2D eigenvalue weighted by atomic mass is 35.5. The van der Waals surface area contributed by atoms with Crippen LogP contribution in [0.1, 0.15) is 27.6 Å². The monoisotopic (exact) mass is 437 g/mol. The van der Waals surface area contributed by atoms with Crippen molar-refractivity contribution in [2.45, 2.75) is 11.7 Å². The number of hydrogen-bond acceptors (Lipinski definition) is 4. The first-order valence-corrected chi connectivity index (χ1v) is 11.2. The van der Waals surface area contributed by atoms with Gasteiger partial charge in [-0.25, -0.2) is 8.42 Å². The average molecular weight is 439 g/mol. The third-order valence-electron chi connectivity index (χ3n) is 4.17. The van der Waals surface area contributed by atoms with Crippen LogP contribution in [-0.4, -0.2) is 38.1 Å². The highest BCUT2D eigenvalue weighted by molar-refractivity contribution is 7.91. The molecule has 3 rings (SSSR count). The van der Waals surface area contributed by atoms with E-state index in [1.54, 1.807) is 24.3 Å². The molecule has 0 N–H and O–H groups in total. The first-order valence-electron chi connectivity index (χ1n) is 7.49. The molecule has 1 aliphatic heterocycles. The summed E-state index contributed by atoms with van der Waals surface area (Å²) in [7, 11) is -3.42. The molecule has 25 heavy (non-hydrogen) atoms. The molecule has 4 nitrogen and oxygen atoms in total. The maximum absolute atomic E-state index is 12.7. The van der Waals surface area contributed by atoms with E-state index in [-0.39, 0.29) is 24.6 Å². The Morgan fingerprint density at radius 3 is 2.52 bits per heavy atom. The number of benzene rings is 1. The Hall–Kier alpha value is -0.790.